The van der Waals surface area contributed by atoms with Crippen LogP contribution in [-0.2, 0) is 21.5 Å². The Morgan fingerprint density at radius 2 is 1.75 bits per heavy atom. The van der Waals surface area contributed by atoms with Gasteiger partial charge in [-0.25, -0.2) is 5.01 Å². The number of halogens is 1. The molecular weight excluding hydrogens is 474 g/mol. The van der Waals surface area contributed by atoms with E-state index in [1.807, 2.05) is 70.4 Å². The van der Waals surface area contributed by atoms with Gasteiger partial charge in [0.15, 0.2) is 5.78 Å². The zero-order valence-corrected chi connectivity index (χ0v) is 21.6. The number of ketones is 1. The van der Waals surface area contributed by atoms with Crippen molar-refractivity contribution in [2.24, 2.45) is 11.1 Å². The average molecular weight is 502 g/mol. The van der Waals surface area contributed by atoms with E-state index < -0.39 is 5.41 Å². The lowest BCUT2D eigenvalue weighted by atomic mass is 9.61. The monoisotopic (exact) mass is 501 g/mol. The highest BCUT2D eigenvalue weighted by Gasteiger charge is 2.63. The van der Waals surface area contributed by atoms with Gasteiger partial charge in [-0.1, -0.05) is 61.8 Å². The van der Waals surface area contributed by atoms with Crippen molar-refractivity contribution in [3.05, 3.63) is 87.3 Å². The molecule has 0 saturated carbocycles. The largest absolute Gasteiger partial charge is 0.383 e. The van der Waals surface area contributed by atoms with Crippen molar-refractivity contribution in [2.75, 3.05) is 19.0 Å². The van der Waals surface area contributed by atoms with Crippen LogP contribution in [0.15, 0.2) is 71.2 Å². The smallest absolute Gasteiger partial charge is 0.248 e. The second kappa shape index (κ2) is 8.22. The number of carbonyl (C=O) groups is 2. The molecule has 0 bridgehead atoms. The number of fused-ring (bicyclic) bond motifs is 3. The summed E-state index contributed by atoms with van der Waals surface area (Å²) in [4.78, 5) is 30.2. The van der Waals surface area contributed by atoms with Gasteiger partial charge in [-0.05, 0) is 29.5 Å². The van der Waals surface area contributed by atoms with Gasteiger partial charge in [0, 0.05) is 48.1 Å². The van der Waals surface area contributed by atoms with E-state index in [1.54, 1.807) is 21.0 Å². The summed E-state index contributed by atoms with van der Waals surface area (Å²) in [5.41, 5.74) is 7.84. The summed E-state index contributed by atoms with van der Waals surface area (Å²) < 4.78 is 0. The van der Waals surface area contributed by atoms with Crippen LogP contribution in [0.4, 0.5) is 5.69 Å². The number of hydrogen-bond acceptors (Lipinski definition) is 6. The Morgan fingerprint density at radius 1 is 1.08 bits per heavy atom. The first kappa shape index (κ1) is 24.1. The van der Waals surface area contributed by atoms with Crippen LogP contribution in [0.5, 0.6) is 0 Å². The molecule has 5 rings (SSSR count). The number of para-hydroxylation sites is 1. The van der Waals surface area contributed by atoms with Gasteiger partial charge in [-0.2, -0.15) is 5.26 Å². The van der Waals surface area contributed by atoms with Gasteiger partial charge < -0.3 is 10.6 Å². The maximum Gasteiger partial charge on any atom is 0.248 e. The van der Waals surface area contributed by atoms with Crippen molar-refractivity contribution in [3.63, 3.8) is 0 Å². The zero-order chi connectivity index (χ0) is 26.0. The van der Waals surface area contributed by atoms with Crippen LogP contribution in [0, 0.1) is 16.7 Å². The summed E-state index contributed by atoms with van der Waals surface area (Å²) in [5.74, 6) is -0.340. The molecule has 36 heavy (non-hydrogen) atoms. The molecule has 2 heterocycles. The Bertz CT molecular complexity index is 1420. The third-order valence-electron chi connectivity index (χ3n) is 7.31. The molecule has 2 aliphatic heterocycles. The summed E-state index contributed by atoms with van der Waals surface area (Å²) in [7, 11) is 3.62. The highest BCUT2D eigenvalue weighted by Crippen LogP contribution is 2.58. The first-order valence-electron chi connectivity index (χ1n) is 11.8. The lowest BCUT2D eigenvalue weighted by molar-refractivity contribution is -0.126. The molecule has 1 aliphatic carbocycles. The number of Topliss-reactive ketones (excluding diaryl/α,β-unsaturated/α-hetero) is 1. The molecule has 0 aromatic heterocycles. The number of amides is 1. The number of allylic oxidation sites excluding steroid dienone is 1. The topological polar surface area (TPSA) is 93.7 Å². The van der Waals surface area contributed by atoms with Crippen molar-refractivity contribution in [1.82, 2.24) is 10.0 Å². The Labute approximate surface area is 216 Å². The van der Waals surface area contributed by atoms with E-state index in [9.17, 15) is 14.9 Å². The van der Waals surface area contributed by atoms with Gasteiger partial charge in [0.1, 0.15) is 17.3 Å². The van der Waals surface area contributed by atoms with Crippen molar-refractivity contribution in [1.29, 1.82) is 5.26 Å². The molecule has 3 aliphatic rings. The lowest BCUT2D eigenvalue weighted by Gasteiger charge is -2.48. The minimum atomic E-state index is -1.61. The molecule has 2 aromatic carbocycles. The number of nitrogens with two attached hydrogens (primary N) is 1. The molecule has 0 fully saturated rings. The van der Waals surface area contributed by atoms with E-state index in [0.29, 0.717) is 34.0 Å². The number of nitrogens with zero attached hydrogens (tertiary/aromatic N) is 4. The van der Waals surface area contributed by atoms with Crippen molar-refractivity contribution in [3.8, 4) is 6.07 Å². The van der Waals surface area contributed by atoms with Crippen molar-refractivity contribution in [2.45, 2.75) is 38.6 Å². The Morgan fingerprint density at radius 3 is 2.42 bits per heavy atom. The van der Waals surface area contributed by atoms with E-state index in [1.165, 1.54) is 0 Å². The predicted molar refractivity (Wildman–Crippen MR) is 138 cm³/mol. The fourth-order valence-electron chi connectivity index (χ4n) is 5.95. The van der Waals surface area contributed by atoms with Gasteiger partial charge in [0.05, 0.1) is 12.1 Å². The summed E-state index contributed by atoms with van der Waals surface area (Å²) in [5, 5.41) is 14.5. The van der Waals surface area contributed by atoms with E-state index in [-0.39, 0.29) is 41.5 Å². The maximum absolute atomic E-state index is 14.6. The van der Waals surface area contributed by atoms with Gasteiger partial charge >= 0.3 is 0 Å². The Balaban J connectivity index is 1.83. The summed E-state index contributed by atoms with van der Waals surface area (Å²) in [6, 6.07) is 16.9. The van der Waals surface area contributed by atoms with E-state index >= 15 is 0 Å². The number of hydrazine groups is 1. The first-order valence-corrected chi connectivity index (χ1v) is 12.2. The summed E-state index contributed by atoms with van der Waals surface area (Å²) >= 11 is 6.46. The number of anilines is 1. The number of hydrogen-bond donors (Lipinski definition) is 1. The van der Waals surface area contributed by atoms with Crippen LogP contribution >= 0.6 is 11.6 Å². The second-order valence-electron chi connectivity index (χ2n) is 10.5. The number of nitriles is 1. The molecule has 8 heteroatoms. The highest BCUT2D eigenvalue weighted by molar-refractivity contribution is 6.31. The molecule has 0 radical (unpaired) electrons. The molecule has 0 saturated heterocycles. The standard InChI is InChI=1S/C28H28ClN5O2/c1-27(2)13-22-24(23(35)14-27)28(19(15-30)25(31)34(22)32(3)4)18-10-6-8-12-21(18)33(26(28)36)16-17-9-5-7-11-20(17)29/h5-12H,13-14,16,31H2,1-4H3/t28-/m0/s1. The molecule has 2 N–H and O–H groups in total. The van der Waals surface area contributed by atoms with Gasteiger partial charge in [-0.3, -0.25) is 14.6 Å². The van der Waals surface area contributed by atoms with Gasteiger partial charge in [-0.15, -0.1) is 0 Å². The second-order valence-corrected chi connectivity index (χ2v) is 11.0. The van der Waals surface area contributed by atoms with Crippen molar-refractivity contribution >= 4 is 29.0 Å². The molecule has 184 valence electrons. The summed E-state index contributed by atoms with van der Waals surface area (Å²) in [6.45, 7) is 4.27. The number of benzene rings is 2. The summed E-state index contributed by atoms with van der Waals surface area (Å²) in [6.07, 6.45) is 0.806. The molecular formula is C28H28ClN5O2. The van der Waals surface area contributed by atoms with Crippen LogP contribution in [0.2, 0.25) is 5.02 Å². The lowest BCUT2D eigenvalue weighted by Crippen LogP contribution is -2.55. The molecule has 7 nitrogen and oxygen atoms in total. The van der Waals surface area contributed by atoms with Crippen LogP contribution in [0.1, 0.15) is 37.8 Å². The number of carbonyl (C=O) groups excluding carboxylic acids is 2. The van der Waals surface area contributed by atoms with Crippen LogP contribution in [-0.4, -0.2) is 35.8 Å². The van der Waals surface area contributed by atoms with Crippen LogP contribution < -0.4 is 10.6 Å². The van der Waals surface area contributed by atoms with E-state index in [4.69, 9.17) is 17.3 Å². The fourth-order valence-corrected chi connectivity index (χ4v) is 6.15. The van der Waals surface area contributed by atoms with Crippen LogP contribution in [0.3, 0.4) is 0 Å². The van der Waals surface area contributed by atoms with Gasteiger partial charge in [0.25, 0.3) is 0 Å². The molecule has 1 spiro atoms. The highest BCUT2D eigenvalue weighted by atomic mass is 35.5. The predicted octanol–water partition coefficient (Wildman–Crippen LogP) is 4.25. The molecule has 1 amide bonds. The minimum Gasteiger partial charge on any atom is -0.383 e. The first-order chi connectivity index (χ1) is 17.0. The van der Waals surface area contributed by atoms with Crippen LogP contribution in [0.25, 0.3) is 0 Å². The molecule has 0 unspecified atom stereocenters. The maximum atomic E-state index is 14.6. The van der Waals surface area contributed by atoms with Crippen molar-refractivity contribution < 1.29 is 9.59 Å². The average Bonchev–Trinajstić information content (AvgIpc) is 3.03. The quantitative estimate of drug-likeness (QED) is 0.675. The third-order valence-corrected chi connectivity index (χ3v) is 7.67. The van der Waals surface area contributed by atoms with E-state index in [0.717, 1.165) is 5.56 Å². The third kappa shape index (κ3) is 3.22. The van der Waals surface area contributed by atoms with E-state index in [2.05, 4.69) is 6.07 Å². The Hall–Kier alpha value is -3.60. The minimum absolute atomic E-state index is 0.0714. The fraction of sp³-hybridized carbons (Fsp3) is 0.321. The number of rotatable bonds is 3. The normalized spacial score (nSPS) is 22.9. The van der Waals surface area contributed by atoms with Gasteiger partial charge in [0.2, 0.25) is 5.91 Å². The SMILES string of the molecule is CN(C)N1C(N)=C(C#N)[C@]2(C(=O)N(Cc3ccccc3Cl)c3ccccc32)C2=C1CC(C)(C)CC2=O. The molecule has 1 atom stereocenters. The molecule has 2 aromatic rings. The Kier molecular flexibility index (Phi) is 5.51. The zero-order valence-electron chi connectivity index (χ0n) is 20.8.